The molecule has 0 saturated heterocycles. The molecule has 27 heavy (non-hydrogen) atoms. The van der Waals surface area contributed by atoms with Crippen molar-refractivity contribution in [3.63, 3.8) is 0 Å². The Hall–Kier alpha value is -2.51. The predicted octanol–water partition coefficient (Wildman–Crippen LogP) is 1.68. The molecule has 1 aromatic carbocycles. The van der Waals surface area contributed by atoms with Gasteiger partial charge in [0.05, 0.1) is 10.5 Å². The van der Waals surface area contributed by atoms with Gasteiger partial charge in [0.15, 0.2) is 0 Å². The number of thiophene rings is 1. The number of primary amides is 1. The Labute approximate surface area is 153 Å². The Kier molecular flexibility index (Phi) is 5.58. The van der Waals surface area contributed by atoms with E-state index in [4.69, 9.17) is 10.8 Å². The highest BCUT2D eigenvalue weighted by Crippen LogP contribution is 2.35. The summed E-state index contributed by atoms with van der Waals surface area (Å²) in [6.45, 7) is 0. The van der Waals surface area contributed by atoms with Crippen LogP contribution in [0.4, 0.5) is 22.6 Å². The Balaban J connectivity index is 2.44. The topological polar surface area (TPSA) is 127 Å². The third kappa shape index (κ3) is 4.43. The fourth-order valence-electron chi connectivity index (χ4n) is 1.84. The van der Waals surface area contributed by atoms with Crippen LogP contribution >= 0.6 is 11.3 Å². The van der Waals surface area contributed by atoms with Crippen molar-refractivity contribution in [1.82, 2.24) is 0 Å². The van der Waals surface area contributed by atoms with E-state index in [1.165, 1.54) is 0 Å². The van der Waals surface area contributed by atoms with Crippen LogP contribution in [0.25, 0.3) is 0 Å². The van der Waals surface area contributed by atoms with E-state index in [0.717, 1.165) is 30.3 Å². The second-order valence-corrected chi connectivity index (χ2v) is 8.29. The Morgan fingerprint density at radius 1 is 1.19 bits per heavy atom. The number of rotatable bonds is 5. The van der Waals surface area contributed by atoms with Gasteiger partial charge in [-0.15, -0.1) is 11.3 Å². The smallest absolute Gasteiger partial charge is 0.376 e. The molecule has 1 heterocycles. The maximum absolute atomic E-state index is 13.0. The number of nitrogens with two attached hydrogens (primary N) is 1. The molecule has 13 heteroatoms. The van der Waals surface area contributed by atoms with Crippen LogP contribution in [0.3, 0.4) is 0 Å². The molecule has 1 atom stereocenters. The first-order valence-corrected chi connectivity index (χ1v) is 9.14. The second kappa shape index (κ2) is 7.25. The third-order valence-electron chi connectivity index (χ3n) is 3.16. The second-order valence-electron chi connectivity index (χ2n) is 5.06. The lowest BCUT2D eigenvalue weighted by atomic mass is 10.3. The molecule has 0 saturated carbocycles. The maximum atomic E-state index is 13.0. The first kappa shape index (κ1) is 20.8. The summed E-state index contributed by atoms with van der Waals surface area (Å²) in [5, 5.41) is 9.96. The maximum Gasteiger partial charge on any atom is 0.423 e. The van der Waals surface area contributed by atoms with Crippen molar-refractivity contribution < 1.29 is 40.7 Å². The molecule has 0 spiro atoms. The van der Waals surface area contributed by atoms with Crippen LogP contribution in [-0.2, 0) is 14.6 Å². The number of carbonyl (C=O) groups excluding carboxylic acids is 2. The molecule has 146 valence electrons. The number of alkyl halides is 3. The molecule has 4 N–H and O–H groups in total. The van der Waals surface area contributed by atoms with Crippen molar-refractivity contribution in [3.8, 4) is 0 Å². The average Bonchev–Trinajstić information content (AvgIpc) is 2.98. The van der Waals surface area contributed by atoms with Gasteiger partial charge in [-0.3, -0.25) is 9.59 Å². The van der Waals surface area contributed by atoms with Crippen LogP contribution in [0.2, 0.25) is 0 Å². The fraction of sp³-hybridized carbons (Fsp3) is 0.143. The molecule has 1 aromatic heterocycles. The summed E-state index contributed by atoms with van der Waals surface area (Å²) >= 11 is 0.257. The van der Waals surface area contributed by atoms with Gasteiger partial charge in [0.25, 0.3) is 11.8 Å². The SMILES string of the molecule is NC(=O)c1cc(S(=O)(=O)c2ccc(F)cc2)sc1NC(=O)[C@H](O)C(F)(F)F. The van der Waals surface area contributed by atoms with Crippen molar-refractivity contribution in [1.29, 1.82) is 0 Å². The number of hydrogen-bond donors (Lipinski definition) is 3. The Bertz CT molecular complexity index is 984. The number of halogens is 4. The van der Waals surface area contributed by atoms with Crippen molar-refractivity contribution >= 4 is 38.0 Å². The molecule has 0 bridgehead atoms. The molecule has 7 nitrogen and oxygen atoms in total. The van der Waals surface area contributed by atoms with Crippen LogP contribution in [-0.4, -0.2) is 37.6 Å². The van der Waals surface area contributed by atoms with Gasteiger partial charge in [0.2, 0.25) is 15.9 Å². The van der Waals surface area contributed by atoms with Gasteiger partial charge in [0, 0.05) is 0 Å². The molecule has 0 unspecified atom stereocenters. The summed E-state index contributed by atoms with van der Waals surface area (Å²) in [5.74, 6) is -3.84. The summed E-state index contributed by atoms with van der Waals surface area (Å²) in [7, 11) is -4.27. The summed E-state index contributed by atoms with van der Waals surface area (Å²) in [4.78, 5) is 22.6. The zero-order chi connectivity index (χ0) is 20.6. The van der Waals surface area contributed by atoms with Gasteiger partial charge in [0.1, 0.15) is 15.0 Å². The van der Waals surface area contributed by atoms with Crippen molar-refractivity contribution in [2.75, 3.05) is 5.32 Å². The van der Waals surface area contributed by atoms with Crippen LogP contribution < -0.4 is 11.1 Å². The molecule has 2 amide bonds. The van der Waals surface area contributed by atoms with E-state index < -0.39 is 54.5 Å². The molecule has 0 radical (unpaired) electrons. The van der Waals surface area contributed by atoms with Crippen molar-refractivity contribution in [2.24, 2.45) is 5.73 Å². The van der Waals surface area contributed by atoms with E-state index in [2.05, 4.69) is 0 Å². The van der Waals surface area contributed by atoms with Gasteiger partial charge in [-0.05, 0) is 30.3 Å². The molecule has 0 aliphatic carbocycles. The van der Waals surface area contributed by atoms with E-state index in [-0.39, 0.29) is 16.2 Å². The van der Waals surface area contributed by atoms with Crippen molar-refractivity contribution in [3.05, 3.63) is 41.7 Å². The highest BCUT2D eigenvalue weighted by atomic mass is 32.2. The van der Waals surface area contributed by atoms with Gasteiger partial charge in [-0.25, -0.2) is 12.8 Å². The van der Waals surface area contributed by atoms with Gasteiger partial charge < -0.3 is 16.2 Å². The van der Waals surface area contributed by atoms with E-state index in [9.17, 15) is 35.6 Å². The molecular formula is C14H10F4N2O5S2. The first-order chi connectivity index (χ1) is 12.3. The lowest BCUT2D eigenvalue weighted by Crippen LogP contribution is -2.40. The van der Waals surface area contributed by atoms with Crippen LogP contribution in [0, 0.1) is 5.82 Å². The largest absolute Gasteiger partial charge is 0.423 e. The summed E-state index contributed by atoms with van der Waals surface area (Å²) in [6, 6.07) is 4.40. The number of aliphatic hydroxyl groups excluding tert-OH is 1. The number of aliphatic hydroxyl groups is 1. The lowest BCUT2D eigenvalue weighted by molar-refractivity contribution is -0.202. The number of nitrogens with one attached hydrogen (secondary N) is 1. The monoisotopic (exact) mass is 426 g/mol. The van der Waals surface area contributed by atoms with Crippen LogP contribution in [0.5, 0.6) is 0 Å². The minimum Gasteiger partial charge on any atom is -0.376 e. The van der Waals surface area contributed by atoms with E-state index in [1.807, 2.05) is 0 Å². The van der Waals surface area contributed by atoms with Gasteiger partial charge in [-0.2, -0.15) is 13.2 Å². The third-order valence-corrected chi connectivity index (χ3v) is 6.45. The molecular weight excluding hydrogens is 416 g/mol. The minimum atomic E-state index is -5.27. The normalized spacial score (nSPS) is 13.2. The van der Waals surface area contributed by atoms with Crippen LogP contribution in [0.15, 0.2) is 39.4 Å². The van der Waals surface area contributed by atoms with E-state index in [1.54, 1.807) is 5.32 Å². The summed E-state index contributed by atoms with van der Waals surface area (Å²) < 4.78 is 74.6. The zero-order valence-corrected chi connectivity index (χ0v) is 14.6. The highest BCUT2D eigenvalue weighted by molar-refractivity contribution is 7.93. The molecule has 2 rings (SSSR count). The zero-order valence-electron chi connectivity index (χ0n) is 13.0. The Morgan fingerprint density at radius 2 is 1.74 bits per heavy atom. The predicted molar refractivity (Wildman–Crippen MR) is 85.4 cm³/mol. The molecule has 2 aromatic rings. The van der Waals surface area contributed by atoms with Gasteiger partial charge in [-0.1, -0.05) is 0 Å². The lowest BCUT2D eigenvalue weighted by Gasteiger charge is -2.13. The fourth-order valence-corrected chi connectivity index (χ4v) is 4.61. The first-order valence-electron chi connectivity index (χ1n) is 6.84. The van der Waals surface area contributed by atoms with Gasteiger partial charge >= 0.3 is 6.18 Å². The number of hydrogen-bond acceptors (Lipinski definition) is 6. The highest BCUT2D eigenvalue weighted by Gasteiger charge is 2.44. The summed E-state index contributed by atoms with van der Waals surface area (Å²) in [6.07, 6.45) is -8.66. The van der Waals surface area contributed by atoms with E-state index >= 15 is 0 Å². The number of carbonyl (C=O) groups is 2. The average molecular weight is 426 g/mol. The number of amides is 2. The number of benzene rings is 1. The van der Waals surface area contributed by atoms with Crippen molar-refractivity contribution in [2.45, 2.75) is 21.4 Å². The minimum absolute atomic E-state index is 0.257. The number of anilines is 1. The number of sulfone groups is 1. The van der Waals surface area contributed by atoms with Crippen LogP contribution in [0.1, 0.15) is 10.4 Å². The molecule has 0 aliphatic heterocycles. The standard InChI is InChI=1S/C14H10F4N2O5S2/c15-6-1-3-7(4-2-6)27(24,25)9-5-8(11(19)22)13(26-9)20-12(23)10(21)14(16,17)18/h1-5,10,21H,(H2,19,22)(H,20,23)/t10-/m0/s1. The van der Waals surface area contributed by atoms with E-state index in [0.29, 0.717) is 0 Å². The molecule has 0 fully saturated rings. The molecule has 0 aliphatic rings. The summed E-state index contributed by atoms with van der Waals surface area (Å²) in [5.41, 5.74) is 4.49. The Morgan fingerprint density at radius 3 is 2.22 bits per heavy atom. The quantitative estimate of drug-likeness (QED) is 0.495.